The van der Waals surface area contributed by atoms with Crippen LogP contribution < -0.4 is 5.32 Å². The molecule has 3 unspecified atom stereocenters. The van der Waals surface area contributed by atoms with E-state index in [-0.39, 0.29) is 19.2 Å². The van der Waals surface area contributed by atoms with Crippen LogP contribution >= 0.6 is 0 Å². The molecule has 0 aliphatic carbocycles. The van der Waals surface area contributed by atoms with Gasteiger partial charge < -0.3 is 20.6 Å². The number of aliphatic hydroxyl groups is 2. The van der Waals surface area contributed by atoms with Crippen molar-refractivity contribution in [1.29, 1.82) is 0 Å². The summed E-state index contributed by atoms with van der Waals surface area (Å²) in [7, 11) is 0. The van der Waals surface area contributed by atoms with Crippen LogP contribution in [-0.4, -0.2) is 46.6 Å². The largest absolute Gasteiger partial charge is 0.481 e. The average molecular weight is 191 g/mol. The summed E-state index contributed by atoms with van der Waals surface area (Å²) in [5.74, 6) is -1.38. The number of carboxylic acids is 1. The van der Waals surface area contributed by atoms with Gasteiger partial charge in [0, 0.05) is 12.6 Å². The summed E-state index contributed by atoms with van der Waals surface area (Å²) in [5, 5.41) is 28.9. The highest BCUT2D eigenvalue weighted by atomic mass is 16.4. The Hall–Kier alpha value is -0.650. The lowest BCUT2D eigenvalue weighted by molar-refractivity contribution is -0.142. The Bertz CT molecular complexity index is 162. The summed E-state index contributed by atoms with van der Waals surface area (Å²) in [6.07, 6.45) is -0.830. The molecule has 0 saturated carbocycles. The maximum absolute atomic E-state index is 10.5. The maximum Gasteiger partial charge on any atom is 0.307 e. The molecule has 0 aromatic heterocycles. The van der Waals surface area contributed by atoms with Gasteiger partial charge in [-0.15, -0.1) is 0 Å². The average Bonchev–Trinajstić information content (AvgIpc) is 2.11. The zero-order chi connectivity index (χ0) is 10.4. The summed E-state index contributed by atoms with van der Waals surface area (Å²) in [5.41, 5.74) is 0. The van der Waals surface area contributed by atoms with Crippen LogP contribution in [0.25, 0.3) is 0 Å². The fourth-order valence-electron chi connectivity index (χ4n) is 0.777. The van der Waals surface area contributed by atoms with Gasteiger partial charge >= 0.3 is 5.97 Å². The summed E-state index contributed by atoms with van der Waals surface area (Å²) in [6, 6.07) is -0.223. The highest BCUT2D eigenvalue weighted by molar-refractivity contribution is 5.70. The molecule has 0 bridgehead atoms. The van der Waals surface area contributed by atoms with Crippen LogP contribution in [-0.2, 0) is 4.79 Å². The van der Waals surface area contributed by atoms with Gasteiger partial charge in [0.05, 0.1) is 18.6 Å². The second-order valence-electron chi connectivity index (χ2n) is 3.16. The quantitative estimate of drug-likeness (QED) is 0.434. The summed E-state index contributed by atoms with van der Waals surface area (Å²) in [4.78, 5) is 10.5. The van der Waals surface area contributed by atoms with Crippen molar-refractivity contribution in [1.82, 2.24) is 5.32 Å². The van der Waals surface area contributed by atoms with Crippen molar-refractivity contribution >= 4 is 5.97 Å². The first-order valence-electron chi connectivity index (χ1n) is 4.24. The van der Waals surface area contributed by atoms with Crippen molar-refractivity contribution in [3.8, 4) is 0 Å². The third-order valence-electron chi connectivity index (χ3n) is 2.03. The normalized spacial score (nSPS) is 17.8. The van der Waals surface area contributed by atoms with Gasteiger partial charge in [-0.05, 0) is 6.92 Å². The standard InChI is InChI=1S/C8H17NO4/c1-5(8(12)13)6(2)9-3-7(11)4-10/h5-7,9-11H,3-4H2,1-2H3,(H,12,13). The van der Waals surface area contributed by atoms with E-state index in [4.69, 9.17) is 15.3 Å². The molecule has 5 nitrogen and oxygen atoms in total. The number of aliphatic carboxylic acids is 1. The minimum Gasteiger partial charge on any atom is -0.481 e. The van der Waals surface area contributed by atoms with E-state index in [9.17, 15) is 4.79 Å². The van der Waals surface area contributed by atoms with Gasteiger partial charge in [-0.1, -0.05) is 6.92 Å². The molecular formula is C8H17NO4. The van der Waals surface area contributed by atoms with Crippen LogP contribution in [0.2, 0.25) is 0 Å². The van der Waals surface area contributed by atoms with E-state index >= 15 is 0 Å². The molecule has 4 N–H and O–H groups in total. The lowest BCUT2D eigenvalue weighted by Crippen LogP contribution is -2.41. The van der Waals surface area contributed by atoms with E-state index in [1.54, 1.807) is 13.8 Å². The number of carboxylic acid groups (broad SMARTS) is 1. The van der Waals surface area contributed by atoms with Gasteiger partial charge in [-0.3, -0.25) is 4.79 Å². The van der Waals surface area contributed by atoms with E-state index in [2.05, 4.69) is 5.32 Å². The van der Waals surface area contributed by atoms with Gasteiger partial charge in [-0.25, -0.2) is 0 Å². The number of nitrogens with one attached hydrogen (secondary N) is 1. The van der Waals surface area contributed by atoms with Crippen molar-refractivity contribution in [3.05, 3.63) is 0 Å². The van der Waals surface area contributed by atoms with Crippen LogP contribution in [0, 0.1) is 5.92 Å². The maximum atomic E-state index is 10.5. The second kappa shape index (κ2) is 5.90. The molecule has 0 spiro atoms. The zero-order valence-electron chi connectivity index (χ0n) is 7.90. The van der Waals surface area contributed by atoms with Crippen LogP contribution in [0.3, 0.4) is 0 Å². The zero-order valence-corrected chi connectivity index (χ0v) is 7.90. The molecule has 0 radical (unpaired) electrons. The molecule has 0 aliphatic rings. The highest BCUT2D eigenvalue weighted by Gasteiger charge is 2.19. The summed E-state index contributed by atoms with van der Waals surface area (Å²) >= 11 is 0. The van der Waals surface area contributed by atoms with Gasteiger partial charge in [0.2, 0.25) is 0 Å². The molecule has 0 aromatic rings. The number of rotatable bonds is 6. The molecule has 0 aliphatic heterocycles. The minimum atomic E-state index is -0.876. The van der Waals surface area contributed by atoms with E-state index in [1.165, 1.54) is 0 Å². The Morgan fingerprint density at radius 2 is 2.00 bits per heavy atom. The molecule has 13 heavy (non-hydrogen) atoms. The van der Waals surface area contributed by atoms with Crippen LogP contribution in [0.15, 0.2) is 0 Å². The molecule has 3 atom stereocenters. The topological polar surface area (TPSA) is 89.8 Å². The number of hydrogen-bond donors (Lipinski definition) is 4. The lowest BCUT2D eigenvalue weighted by atomic mass is 10.0. The van der Waals surface area contributed by atoms with Crippen LogP contribution in [0.5, 0.6) is 0 Å². The smallest absolute Gasteiger partial charge is 0.307 e. The monoisotopic (exact) mass is 191 g/mol. The van der Waals surface area contributed by atoms with Crippen molar-refractivity contribution in [2.24, 2.45) is 5.92 Å². The Balaban J connectivity index is 3.73. The molecule has 0 fully saturated rings. The Kier molecular flexibility index (Phi) is 5.61. The molecule has 0 amide bonds. The second-order valence-corrected chi connectivity index (χ2v) is 3.16. The van der Waals surface area contributed by atoms with Gasteiger partial charge in [0.15, 0.2) is 0 Å². The first-order valence-corrected chi connectivity index (χ1v) is 4.24. The minimum absolute atomic E-state index is 0.204. The summed E-state index contributed by atoms with van der Waals surface area (Å²) < 4.78 is 0. The molecule has 0 aromatic carbocycles. The van der Waals surface area contributed by atoms with Gasteiger partial charge in [0.25, 0.3) is 0 Å². The van der Waals surface area contributed by atoms with Gasteiger partial charge in [-0.2, -0.15) is 0 Å². The van der Waals surface area contributed by atoms with E-state index < -0.39 is 18.0 Å². The molecule has 0 heterocycles. The van der Waals surface area contributed by atoms with E-state index in [0.29, 0.717) is 0 Å². The molecule has 0 saturated heterocycles. The number of carbonyl (C=O) groups is 1. The molecule has 5 heteroatoms. The first-order chi connectivity index (χ1) is 5.99. The molecule has 0 rings (SSSR count). The third-order valence-corrected chi connectivity index (χ3v) is 2.03. The fraction of sp³-hybridized carbons (Fsp3) is 0.875. The van der Waals surface area contributed by atoms with Gasteiger partial charge in [0.1, 0.15) is 0 Å². The number of hydrogen-bond acceptors (Lipinski definition) is 4. The summed E-state index contributed by atoms with van der Waals surface area (Å²) in [6.45, 7) is 3.20. The number of aliphatic hydroxyl groups excluding tert-OH is 2. The van der Waals surface area contributed by atoms with E-state index in [0.717, 1.165) is 0 Å². The van der Waals surface area contributed by atoms with Crippen LogP contribution in [0.1, 0.15) is 13.8 Å². The van der Waals surface area contributed by atoms with Crippen molar-refractivity contribution in [2.75, 3.05) is 13.2 Å². The Labute approximate surface area is 77.4 Å². The first kappa shape index (κ1) is 12.3. The molecular weight excluding hydrogens is 174 g/mol. The third kappa shape index (κ3) is 4.82. The molecule has 78 valence electrons. The Morgan fingerprint density at radius 1 is 1.46 bits per heavy atom. The van der Waals surface area contributed by atoms with Crippen LogP contribution in [0.4, 0.5) is 0 Å². The SMILES string of the molecule is CC(NCC(O)CO)C(C)C(=O)O. The highest BCUT2D eigenvalue weighted by Crippen LogP contribution is 2.01. The van der Waals surface area contributed by atoms with E-state index in [1.807, 2.05) is 0 Å². The van der Waals surface area contributed by atoms with Crippen molar-refractivity contribution in [2.45, 2.75) is 26.0 Å². The lowest BCUT2D eigenvalue weighted by Gasteiger charge is -2.19. The fourth-order valence-corrected chi connectivity index (χ4v) is 0.777. The Morgan fingerprint density at radius 3 is 2.38 bits per heavy atom. The van der Waals surface area contributed by atoms with Crippen molar-refractivity contribution < 1.29 is 20.1 Å². The predicted molar refractivity (Wildman–Crippen MR) is 47.4 cm³/mol. The predicted octanol–water partition coefficient (Wildman–Crippen LogP) is -0.962. The van der Waals surface area contributed by atoms with Crippen molar-refractivity contribution in [3.63, 3.8) is 0 Å².